The number of ether oxygens (including phenoxy) is 1. The number of allylic oxidation sites excluding steroid dienone is 1. The molecule has 1 aromatic rings. The fourth-order valence-corrected chi connectivity index (χ4v) is 7.98. The molecule has 2 fully saturated rings. The number of rotatable bonds is 21. The van der Waals surface area contributed by atoms with Crippen LogP contribution in [0.2, 0.25) is 0 Å². The Hall–Kier alpha value is -1.65. The van der Waals surface area contributed by atoms with E-state index in [1.54, 1.807) is 6.92 Å². The summed E-state index contributed by atoms with van der Waals surface area (Å²) in [5, 5.41) is 20.1. The van der Waals surface area contributed by atoms with E-state index in [1.165, 1.54) is 88.2 Å². The Bertz CT molecular complexity index is 964. The molecule has 250 valence electrons. The van der Waals surface area contributed by atoms with Crippen molar-refractivity contribution in [2.24, 2.45) is 23.2 Å². The number of carbonyl (C=O) groups excluding carboxylic acids is 1. The fourth-order valence-electron chi connectivity index (χ4n) is 7.98. The number of aryl methyl sites for hydroxylation is 1. The minimum atomic E-state index is -0.480. The Morgan fingerprint density at radius 2 is 1.52 bits per heavy atom. The lowest BCUT2D eigenvalue weighted by Gasteiger charge is -2.38. The zero-order valence-corrected chi connectivity index (χ0v) is 28.7. The average Bonchev–Trinajstić information content (AvgIpc) is 3.05. The van der Waals surface area contributed by atoms with Gasteiger partial charge in [0.2, 0.25) is 0 Å². The van der Waals surface area contributed by atoms with Crippen molar-refractivity contribution in [1.29, 1.82) is 0 Å². The van der Waals surface area contributed by atoms with Crippen LogP contribution in [0.5, 0.6) is 5.75 Å². The Labute approximate surface area is 270 Å². The van der Waals surface area contributed by atoms with Crippen LogP contribution in [0.25, 0.3) is 0 Å². The van der Waals surface area contributed by atoms with Crippen molar-refractivity contribution in [2.45, 2.75) is 155 Å². The predicted octanol–water partition coefficient (Wildman–Crippen LogP) is 10.1. The monoisotopic (exact) mass is 610 g/mol. The van der Waals surface area contributed by atoms with Gasteiger partial charge in [-0.1, -0.05) is 83.9 Å². The molecule has 0 aromatic heterocycles. The quantitative estimate of drug-likeness (QED) is 0.107. The first-order valence-electron chi connectivity index (χ1n) is 18.5. The van der Waals surface area contributed by atoms with Crippen LogP contribution in [0.15, 0.2) is 30.4 Å². The van der Waals surface area contributed by atoms with Crippen LogP contribution in [-0.2, 0) is 11.2 Å². The van der Waals surface area contributed by atoms with Gasteiger partial charge in [-0.15, -0.1) is 0 Å². The number of aliphatic hydroxyl groups is 2. The van der Waals surface area contributed by atoms with E-state index in [2.05, 4.69) is 38.6 Å². The lowest BCUT2D eigenvalue weighted by molar-refractivity contribution is -0.115. The Morgan fingerprint density at radius 1 is 0.864 bits per heavy atom. The van der Waals surface area contributed by atoms with Crippen molar-refractivity contribution in [3.63, 3.8) is 0 Å². The molecule has 0 atom stereocenters. The number of hydrogen-bond donors (Lipinski definition) is 2. The standard InChI is InChI=1S/C40H66O4/c1-5-7-9-12-32-15-17-33(18-16-32)34-19-21-35(22-20-34)36-23-24-39(37(28-36)13-10-11-14-38(43)31(3)4)44-27-26-40(29-41,30-42)25-8-6-2/h23-24,28,32-35,41-42H,3,5-22,25-27,29-30H2,1-2,4H3. The summed E-state index contributed by atoms with van der Waals surface area (Å²) in [5.41, 5.74) is 2.85. The van der Waals surface area contributed by atoms with Crippen molar-refractivity contribution in [1.82, 2.24) is 0 Å². The van der Waals surface area contributed by atoms with Gasteiger partial charge in [0.25, 0.3) is 0 Å². The minimum Gasteiger partial charge on any atom is -0.493 e. The van der Waals surface area contributed by atoms with E-state index in [0.29, 0.717) is 30.9 Å². The topological polar surface area (TPSA) is 66.8 Å². The van der Waals surface area contributed by atoms with Crippen LogP contribution in [0.4, 0.5) is 0 Å². The van der Waals surface area contributed by atoms with Gasteiger partial charge >= 0.3 is 0 Å². The van der Waals surface area contributed by atoms with Gasteiger partial charge in [0, 0.05) is 11.8 Å². The van der Waals surface area contributed by atoms with E-state index in [-0.39, 0.29) is 19.0 Å². The highest BCUT2D eigenvalue weighted by atomic mass is 16.5. The van der Waals surface area contributed by atoms with Gasteiger partial charge in [-0.05, 0) is 124 Å². The maximum atomic E-state index is 12.1. The molecular formula is C40H66O4. The summed E-state index contributed by atoms with van der Waals surface area (Å²) in [7, 11) is 0. The van der Waals surface area contributed by atoms with E-state index >= 15 is 0 Å². The minimum absolute atomic E-state index is 0.0154. The molecule has 0 amide bonds. The molecule has 0 radical (unpaired) electrons. The van der Waals surface area contributed by atoms with E-state index in [4.69, 9.17) is 4.74 Å². The van der Waals surface area contributed by atoms with Crippen molar-refractivity contribution in [3.8, 4) is 5.75 Å². The summed E-state index contributed by atoms with van der Waals surface area (Å²) < 4.78 is 6.37. The number of aliphatic hydroxyl groups excluding tert-OH is 2. The molecule has 0 saturated heterocycles. The molecule has 4 heteroatoms. The van der Waals surface area contributed by atoms with Gasteiger partial charge in [-0.2, -0.15) is 0 Å². The van der Waals surface area contributed by atoms with Crippen LogP contribution in [0.1, 0.15) is 160 Å². The molecule has 0 bridgehead atoms. The van der Waals surface area contributed by atoms with Crippen molar-refractivity contribution >= 4 is 5.78 Å². The van der Waals surface area contributed by atoms with Crippen LogP contribution in [0.3, 0.4) is 0 Å². The summed E-state index contributed by atoms with van der Waals surface area (Å²) in [6.45, 7) is 10.5. The van der Waals surface area contributed by atoms with Crippen LogP contribution in [-0.4, -0.2) is 35.8 Å². The smallest absolute Gasteiger partial charge is 0.157 e. The first-order valence-corrected chi connectivity index (χ1v) is 18.5. The van der Waals surface area contributed by atoms with Gasteiger partial charge in [-0.3, -0.25) is 4.79 Å². The molecular weight excluding hydrogens is 544 g/mol. The number of hydrogen-bond acceptors (Lipinski definition) is 4. The van der Waals surface area contributed by atoms with Crippen LogP contribution < -0.4 is 4.74 Å². The third kappa shape index (κ3) is 11.6. The molecule has 2 aliphatic carbocycles. The third-order valence-electron chi connectivity index (χ3n) is 11.3. The van der Waals surface area contributed by atoms with Gasteiger partial charge < -0.3 is 14.9 Å². The van der Waals surface area contributed by atoms with Gasteiger partial charge in [-0.25, -0.2) is 0 Å². The average molecular weight is 611 g/mol. The Balaban J connectivity index is 1.58. The summed E-state index contributed by atoms with van der Waals surface area (Å²) in [4.78, 5) is 12.1. The number of Topliss-reactive ketones (excluding diaryl/α,β-unsaturated/α-hetero) is 1. The lowest BCUT2D eigenvalue weighted by Crippen LogP contribution is -2.32. The first-order chi connectivity index (χ1) is 21.3. The van der Waals surface area contributed by atoms with E-state index in [1.807, 2.05) is 0 Å². The second-order valence-electron chi connectivity index (χ2n) is 14.7. The molecule has 1 aromatic carbocycles. The van der Waals surface area contributed by atoms with Crippen LogP contribution >= 0.6 is 0 Å². The van der Waals surface area contributed by atoms with Crippen molar-refractivity contribution in [3.05, 3.63) is 41.5 Å². The second-order valence-corrected chi connectivity index (χ2v) is 14.7. The summed E-state index contributed by atoms with van der Waals surface area (Å²) >= 11 is 0. The highest BCUT2D eigenvalue weighted by Crippen LogP contribution is 2.45. The molecule has 0 spiro atoms. The molecule has 3 rings (SSSR count). The predicted molar refractivity (Wildman–Crippen MR) is 184 cm³/mol. The SMILES string of the molecule is C=C(C)C(=O)CCCCc1cc(C2CCC(C3CCC(CCCCC)CC3)CC2)ccc1OCCC(CO)(CO)CCCC. The van der Waals surface area contributed by atoms with Gasteiger partial charge in [0.05, 0.1) is 19.8 Å². The lowest BCUT2D eigenvalue weighted by atomic mass is 9.68. The third-order valence-corrected chi connectivity index (χ3v) is 11.3. The molecule has 2 N–H and O–H groups in total. The van der Waals surface area contributed by atoms with E-state index in [9.17, 15) is 15.0 Å². The Morgan fingerprint density at radius 3 is 2.14 bits per heavy atom. The second kappa shape index (κ2) is 19.8. The van der Waals surface area contributed by atoms with Crippen molar-refractivity contribution in [2.75, 3.05) is 19.8 Å². The maximum Gasteiger partial charge on any atom is 0.157 e. The van der Waals surface area contributed by atoms with E-state index in [0.717, 1.165) is 62.0 Å². The summed E-state index contributed by atoms with van der Waals surface area (Å²) in [5.74, 6) is 4.57. The van der Waals surface area contributed by atoms with Gasteiger partial charge in [0.15, 0.2) is 5.78 Å². The van der Waals surface area contributed by atoms with Gasteiger partial charge in [0.1, 0.15) is 5.75 Å². The molecule has 0 unspecified atom stereocenters. The molecule has 2 saturated carbocycles. The Kier molecular flexibility index (Phi) is 16.5. The molecule has 2 aliphatic rings. The zero-order valence-electron chi connectivity index (χ0n) is 28.7. The fraction of sp³-hybridized carbons (Fsp3) is 0.775. The zero-order chi connectivity index (χ0) is 31.8. The summed E-state index contributed by atoms with van der Waals surface area (Å²) in [6.07, 6.45) is 23.5. The highest BCUT2D eigenvalue weighted by molar-refractivity contribution is 5.93. The van der Waals surface area contributed by atoms with Crippen molar-refractivity contribution < 1.29 is 19.7 Å². The number of unbranched alkanes of at least 4 members (excludes halogenated alkanes) is 4. The normalized spacial score (nSPS) is 22.6. The number of carbonyl (C=O) groups is 1. The molecule has 0 heterocycles. The van der Waals surface area contributed by atoms with Crippen LogP contribution in [0, 0.1) is 23.2 Å². The number of benzene rings is 1. The molecule has 4 nitrogen and oxygen atoms in total. The maximum absolute atomic E-state index is 12.1. The summed E-state index contributed by atoms with van der Waals surface area (Å²) in [6, 6.07) is 6.85. The van der Waals surface area contributed by atoms with E-state index < -0.39 is 5.41 Å². The molecule has 44 heavy (non-hydrogen) atoms. The highest BCUT2D eigenvalue weighted by Gasteiger charge is 2.32. The first kappa shape index (κ1) is 36.8. The number of ketones is 1. The largest absolute Gasteiger partial charge is 0.493 e. The molecule has 0 aliphatic heterocycles.